The van der Waals surface area contributed by atoms with Crippen molar-refractivity contribution in [1.82, 2.24) is 4.98 Å². The fourth-order valence-corrected chi connectivity index (χ4v) is 3.62. The molecule has 1 aliphatic rings. The maximum Gasteiger partial charge on any atom is 0.117 e. The number of ether oxygens (including phenoxy) is 1. The topological polar surface area (TPSA) is 25.4 Å². The van der Waals surface area contributed by atoms with Crippen molar-refractivity contribution in [2.45, 2.75) is 0 Å². The Balaban J connectivity index is 1.49. The third-order valence-electron chi connectivity index (χ3n) is 4.00. The first-order valence-electron chi connectivity index (χ1n) is 7.85. The second kappa shape index (κ2) is 6.52. The quantitative estimate of drug-likeness (QED) is 0.719. The van der Waals surface area contributed by atoms with Gasteiger partial charge in [-0.25, -0.2) is 4.98 Å². The van der Waals surface area contributed by atoms with Gasteiger partial charge in [0.1, 0.15) is 5.01 Å². The minimum atomic E-state index is 0.819. The average Bonchev–Trinajstić information content (AvgIpc) is 3.04. The second-order valence-electron chi connectivity index (χ2n) is 5.54. The zero-order valence-corrected chi connectivity index (χ0v) is 13.6. The van der Waals surface area contributed by atoms with Crippen LogP contribution in [-0.4, -0.2) is 31.3 Å². The van der Waals surface area contributed by atoms with E-state index in [-0.39, 0.29) is 0 Å². The van der Waals surface area contributed by atoms with E-state index in [0.717, 1.165) is 36.8 Å². The van der Waals surface area contributed by atoms with Gasteiger partial charge in [0, 0.05) is 18.8 Å². The Labute approximate surface area is 139 Å². The standard InChI is InChI=1S/C19H18N2OS/c1-2-4-18-17(3-1)20-19(23-18)10-7-15-5-8-16(9-6-15)21-11-13-22-14-12-21/h1-10H,11-14H2/b10-7+. The summed E-state index contributed by atoms with van der Waals surface area (Å²) in [4.78, 5) is 6.99. The maximum atomic E-state index is 5.40. The fraction of sp³-hybridized carbons (Fsp3) is 0.211. The van der Waals surface area contributed by atoms with Crippen molar-refractivity contribution in [2.24, 2.45) is 0 Å². The molecule has 0 saturated carbocycles. The number of anilines is 1. The molecule has 1 aliphatic heterocycles. The van der Waals surface area contributed by atoms with E-state index in [2.05, 4.69) is 64.5 Å². The van der Waals surface area contributed by atoms with E-state index in [4.69, 9.17) is 4.74 Å². The minimum Gasteiger partial charge on any atom is -0.378 e. The number of hydrogen-bond acceptors (Lipinski definition) is 4. The molecule has 0 aliphatic carbocycles. The molecule has 0 N–H and O–H groups in total. The van der Waals surface area contributed by atoms with Gasteiger partial charge in [-0.3, -0.25) is 0 Å². The van der Waals surface area contributed by atoms with Crippen molar-refractivity contribution < 1.29 is 4.74 Å². The van der Waals surface area contributed by atoms with Gasteiger partial charge in [-0.15, -0.1) is 11.3 Å². The lowest BCUT2D eigenvalue weighted by Gasteiger charge is -2.28. The van der Waals surface area contributed by atoms with Crippen molar-refractivity contribution in [3.63, 3.8) is 0 Å². The zero-order chi connectivity index (χ0) is 15.5. The Kier molecular flexibility index (Phi) is 4.09. The number of benzene rings is 2. The van der Waals surface area contributed by atoms with Crippen LogP contribution in [0.25, 0.3) is 22.4 Å². The van der Waals surface area contributed by atoms with E-state index >= 15 is 0 Å². The van der Waals surface area contributed by atoms with Crippen molar-refractivity contribution in [2.75, 3.05) is 31.2 Å². The first-order chi connectivity index (χ1) is 11.4. The van der Waals surface area contributed by atoms with Gasteiger partial charge in [0.2, 0.25) is 0 Å². The number of morpholine rings is 1. The molecule has 1 fully saturated rings. The summed E-state index contributed by atoms with van der Waals surface area (Å²) in [5, 5.41) is 1.04. The number of para-hydroxylation sites is 1. The fourth-order valence-electron chi connectivity index (χ4n) is 2.75. The largest absolute Gasteiger partial charge is 0.378 e. The van der Waals surface area contributed by atoms with Crippen molar-refractivity contribution in [3.05, 3.63) is 59.1 Å². The highest BCUT2D eigenvalue weighted by Crippen LogP contribution is 2.23. The molecule has 116 valence electrons. The SMILES string of the molecule is C(=C\c1nc2ccccc2s1)/c1ccc(N2CCOCC2)cc1. The second-order valence-corrected chi connectivity index (χ2v) is 6.61. The van der Waals surface area contributed by atoms with Crippen LogP contribution in [-0.2, 0) is 4.74 Å². The highest BCUT2D eigenvalue weighted by atomic mass is 32.1. The molecule has 2 aromatic carbocycles. The van der Waals surface area contributed by atoms with Crippen LogP contribution in [0.4, 0.5) is 5.69 Å². The Morgan fingerprint density at radius 1 is 0.957 bits per heavy atom. The molecule has 1 saturated heterocycles. The van der Waals surface area contributed by atoms with E-state index in [0.29, 0.717) is 0 Å². The molecule has 3 nitrogen and oxygen atoms in total. The third-order valence-corrected chi connectivity index (χ3v) is 5.00. The van der Waals surface area contributed by atoms with Gasteiger partial charge in [0.25, 0.3) is 0 Å². The normalized spacial score (nSPS) is 15.6. The number of fused-ring (bicyclic) bond motifs is 1. The molecule has 1 aromatic heterocycles. The highest BCUT2D eigenvalue weighted by molar-refractivity contribution is 7.19. The molecule has 2 heterocycles. The van der Waals surface area contributed by atoms with E-state index < -0.39 is 0 Å². The van der Waals surface area contributed by atoms with Gasteiger partial charge in [0.05, 0.1) is 23.4 Å². The van der Waals surface area contributed by atoms with Gasteiger partial charge < -0.3 is 9.64 Å². The van der Waals surface area contributed by atoms with Gasteiger partial charge >= 0.3 is 0 Å². The van der Waals surface area contributed by atoms with Crippen LogP contribution in [0.2, 0.25) is 0 Å². The Bertz CT molecular complexity index is 784. The summed E-state index contributed by atoms with van der Waals surface area (Å²) in [5.41, 5.74) is 3.53. The molecule has 4 rings (SSSR count). The minimum absolute atomic E-state index is 0.819. The van der Waals surface area contributed by atoms with Crippen LogP contribution < -0.4 is 4.90 Å². The summed E-state index contributed by atoms with van der Waals surface area (Å²) in [6.45, 7) is 3.58. The van der Waals surface area contributed by atoms with Gasteiger partial charge in [-0.05, 0) is 35.9 Å². The molecule has 0 amide bonds. The highest BCUT2D eigenvalue weighted by Gasteiger charge is 2.10. The van der Waals surface area contributed by atoms with Crippen LogP contribution in [0.3, 0.4) is 0 Å². The Hall–Kier alpha value is -2.17. The monoisotopic (exact) mass is 322 g/mol. The number of aromatic nitrogens is 1. The van der Waals surface area contributed by atoms with Crippen molar-refractivity contribution in [3.8, 4) is 0 Å². The van der Waals surface area contributed by atoms with E-state index in [9.17, 15) is 0 Å². The first-order valence-corrected chi connectivity index (χ1v) is 8.66. The van der Waals surface area contributed by atoms with Crippen LogP contribution >= 0.6 is 11.3 Å². The van der Waals surface area contributed by atoms with Gasteiger partial charge in [-0.2, -0.15) is 0 Å². The smallest absolute Gasteiger partial charge is 0.117 e. The predicted molar refractivity (Wildman–Crippen MR) is 98.0 cm³/mol. The molecule has 4 heteroatoms. The molecule has 23 heavy (non-hydrogen) atoms. The summed E-state index contributed by atoms with van der Waals surface area (Å²) in [5.74, 6) is 0. The third kappa shape index (κ3) is 3.28. The van der Waals surface area contributed by atoms with Gasteiger partial charge in [-0.1, -0.05) is 30.3 Å². The van der Waals surface area contributed by atoms with E-state index in [1.807, 2.05) is 6.07 Å². The first kappa shape index (κ1) is 14.4. The Morgan fingerprint density at radius 2 is 1.74 bits per heavy atom. The summed E-state index contributed by atoms with van der Waals surface area (Å²) in [6, 6.07) is 16.9. The molecule has 0 radical (unpaired) electrons. The lowest BCUT2D eigenvalue weighted by Crippen LogP contribution is -2.36. The average molecular weight is 322 g/mol. The molecule has 0 unspecified atom stereocenters. The maximum absolute atomic E-state index is 5.40. The van der Waals surface area contributed by atoms with Crippen LogP contribution in [0.1, 0.15) is 10.6 Å². The molecule has 0 spiro atoms. The molecular formula is C19H18N2OS. The van der Waals surface area contributed by atoms with Crippen LogP contribution in [0.5, 0.6) is 0 Å². The number of rotatable bonds is 3. The van der Waals surface area contributed by atoms with Crippen LogP contribution in [0, 0.1) is 0 Å². The van der Waals surface area contributed by atoms with E-state index in [1.54, 1.807) is 11.3 Å². The summed E-state index contributed by atoms with van der Waals surface area (Å²) in [6.07, 6.45) is 4.22. The summed E-state index contributed by atoms with van der Waals surface area (Å²) in [7, 11) is 0. The van der Waals surface area contributed by atoms with Crippen molar-refractivity contribution >= 4 is 39.4 Å². The van der Waals surface area contributed by atoms with Gasteiger partial charge in [0.15, 0.2) is 0 Å². The summed E-state index contributed by atoms with van der Waals surface area (Å²) >= 11 is 1.72. The molecule has 3 aromatic rings. The lowest BCUT2D eigenvalue weighted by molar-refractivity contribution is 0.122. The van der Waals surface area contributed by atoms with Crippen molar-refractivity contribution in [1.29, 1.82) is 0 Å². The summed E-state index contributed by atoms with van der Waals surface area (Å²) < 4.78 is 6.63. The number of thiazole rings is 1. The molecular weight excluding hydrogens is 304 g/mol. The Morgan fingerprint density at radius 3 is 2.52 bits per heavy atom. The lowest BCUT2D eigenvalue weighted by atomic mass is 10.2. The number of hydrogen-bond donors (Lipinski definition) is 0. The number of nitrogens with zero attached hydrogens (tertiary/aromatic N) is 2. The predicted octanol–water partition coefficient (Wildman–Crippen LogP) is 4.30. The molecule has 0 atom stereocenters. The van der Waals surface area contributed by atoms with Crippen LogP contribution in [0.15, 0.2) is 48.5 Å². The van der Waals surface area contributed by atoms with E-state index in [1.165, 1.54) is 16.0 Å². The zero-order valence-electron chi connectivity index (χ0n) is 12.8. The molecule has 0 bridgehead atoms.